The first-order valence-corrected chi connectivity index (χ1v) is 5.88. The first-order chi connectivity index (χ1) is 8.77. The van der Waals surface area contributed by atoms with Crippen LogP contribution < -0.4 is 10.4 Å². The molecule has 18 heavy (non-hydrogen) atoms. The molecule has 3 rings (SSSR count). The summed E-state index contributed by atoms with van der Waals surface area (Å²) in [7, 11) is 0. The van der Waals surface area contributed by atoms with E-state index in [2.05, 4.69) is 0 Å². The van der Waals surface area contributed by atoms with Gasteiger partial charge in [-0.25, -0.2) is 4.79 Å². The smallest absolute Gasteiger partial charge is 0.336 e. The van der Waals surface area contributed by atoms with Gasteiger partial charge in [-0.05, 0) is 28.0 Å². The van der Waals surface area contributed by atoms with Crippen LogP contribution in [0, 0.1) is 0 Å². The third-order valence-corrected chi connectivity index (χ3v) is 3.26. The highest BCUT2D eigenvalue weighted by Crippen LogP contribution is 2.27. The van der Waals surface area contributed by atoms with Crippen LogP contribution in [0.3, 0.4) is 0 Å². The lowest BCUT2D eigenvalue weighted by molar-refractivity contribution is -0.130. The van der Waals surface area contributed by atoms with E-state index in [-0.39, 0.29) is 0 Å². The van der Waals surface area contributed by atoms with E-state index >= 15 is 0 Å². The summed E-state index contributed by atoms with van der Waals surface area (Å²) in [5, 5.41) is 11.3. The number of fused-ring (bicyclic) bond motifs is 2. The van der Waals surface area contributed by atoms with E-state index in [1.165, 1.54) is 0 Å². The minimum absolute atomic E-state index is 0.398. The van der Waals surface area contributed by atoms with E-state index in [1.807, 2.05) is 54.6 Å². The standard InChI is InChI=1S/C16H12O2/c17-16(18)15-13-7-3-1-5-11(13)9-10-12-6-2-4-8-14(12)15/h1-5,7-10H,6H2,(H,17,18). The number of allylic oxidation sites excluding steroid dienone is 5. The molecule has 0 spiro atoms. The minimum Gasteiger partial charge on any atom is -0.478 e. The molecule has 2 aliphatic rings. The molecule has 0 saturated heterocycles. The molecule has 0 radical (unpaired) electrons. The normalized spacial score (nSPS) is 16.8. The second kappa shape index (κ2) is 4.15. The summed E-state index contributed by atoms with van der Waals surface area (Å²) in [6.07, 6.45) is 10.6. The molecule has 0 amide bonds. The maximum atomic E-state index is 11.6. The van der Waals surface area contributed by atoms with Crippen molar-refractivity contribution in [3.8, 4) is 0 Å². The fourth-order valence-corrected chi connectivity index (χ4v) is 2.41. The Labute approximate surface area is 105 Å². The Morgan fingerprint density at radius 1 is 1.11 bits per heavy atom. The predicted molar refractivity (Wildman–Crippen MR) is 71.1 cm³/mol. The molecule has 1 aromatic rings. The van der Waals surface area contributed by atoms with Crippen molar-refractivity contribution in [3.05, 3.63) is 70.2 Å². The van der Waals surface area contributed by atoms with Crippen LogP contribution in [-0.4, -0.2) is 11.1 Å². The Kier molecular flexibility index (Phi) is 2.49. The largest absolute Gasteiger partial charge is 0.478 e. The van der Waals surface area contributed by atoms with E-state index < -0.39 is 5.97 Å². The summed E-state index contributed by atoms with van der Waals surface area (Å²) in [6.45, 7) is 0. The highest BCUT2D eigenvalue weighted by Gasteiger charge is 2.19. The van der Waals surface area contributed by atoms with Gasteiger partial charge in [0.25, 0.3) is 0 Å². The van der Waals surface area contributed by atoms with Crippen LogP contribution in [0.25, 0.3) is 11.6 Å². The number of carboxylic acid groups (broad SMARTS) is 1. The molecule has 0 unspecified atom stereocenters. The van der Waals surface area contributed by atoms with Crippen LogP contribution in [0.15, 0.2) is 59.7 Å². The lowest BCUT2D eigenvalue weighted by Crippen LogP contribution is -2.29. The highest BCUT2D eigenvalue weighted by atomic mass is 16.4. The third kappa shape index (κ3) is 1.63. The van der Waals surface area contributed by atoms with E-state index in [4.69, 9.17) is 0 Å². The van der Waals surface area contributed by atoms with Gasteiger partial charge in [0.1, 0.15) is 0 Å². The fraction of sp³-hybridized carbons (Fsp3) is 0.0625. The number of carboxylic acids is 1. The van der Waals surface area contributed by atoms with Gasteiger partial charge in [-0.15, -0.1) is 0 Å². The quantitative estimate of drug-likeness (QED) is 0.803. The van der Waals surface area contributed by atoms with E-state index in [0.29, 0.717) is 5.57 Å². The lowest BCUT2D eigenvalue weighted by Gasteiger charge is -2.13. The summed E-state index contributed by atoms with van der Waals surface area (Å²) < 4.78 is 0. The van der Waals surface area contributed by atoms with Gasteiger partial charge in [-0.3, -0.25) is 0 Å². The summed E-state index contributed by atoms with van der Waals surface area (Å²) in [6, 6.07) is 7.61. The van der Waals surface area contributed by atoms with Crippen molar-refractivity contribution in [1.29, 1.82) is 0 Å². The van der Waals surface area contributed by atoms with Crippen molar-refractivity contribution in [2.75, 3.05) is 0 Å². The zero-order valence-corrected chi connectivity index (χ0v) is 9.76. The summed E-state index contributed by atoms with van der Waals surface area (Å²) >= 11 is 0. The number of benzene rings is 1. The molecule has 88 valence electrons. The summed E-state index contributed by atoms with van der Waals surface area (Å²) in [5.74, 6) is -0.870. The molecule has 0 heterocycles. The third-order valence-electron chi connectivity index (χ3n) is 3.26. The number of rotatable bonds is 1. The van der Waals surface area contributed by atoms with Gasteiger partial charge in [0.05, 0.1) is 5.57 Å². The molecule has 1 N–H and O–H groups in total. The topological polar surface area (TPSA) is 37.3 Å². The maximum Gasteiger partial charge on any atom is 0.336 e. The number of carbonyl (C=O) groups is 1. The molecule has 0 aliphatic heterocycles. The second-order valence-electron chi connectivity index (χ2n) is 4.34. The Morgan fingerprint density at radius 3 is 2.78 bits per heavy atom. The minimum atomic E-state index is -0.870. The molecular weight excluding hydrogens is 224 g/mol. The molecule has 0 saturated carbocycles. The van der Waals surface area contributed by atoms with Gasteiger partial charge in [-0.2, -0.15) is 0 Å². The van der Waals surface area contributed by atoms with Crippen LogP contribution in [-0.2, 0) is 4.79 Å². The van der Waals surface area contributed by atoms with Crippen LogP contribution >= 0.6 is 0 Å². The zero-order chi connectivity index (χ0) is 12.5. The molecule has 0 atom stereocenters. The zero-order valence-electron chi connectivity index (χ0n) is 9.76. The van der Waals surface area contributed by atoms with Crippen LogP contribution in [0.4, 0.5) is 0 Å². The predicted octanol–water partition coefficient (Wildman–Crippen LogP) is 1.53. The van der Waals surface area contributed by atoms with E-state index in [9.17, 15) is 9.90 Å². The van der Waals surface area contributed by atoms with E-state index in [1.54, 1.807) is 0 Å². The number of hydrogen-bond acceptors (Lipinski definition) is 1. The molecule has 0 fully saturated rings. The van der Waals surface area contributed by atoms with Gasteiger partial charge < -0.3 is 5.11 Å². The molecule has 0 aromatic heterocycles. The van der Waals surface area contributed by atoms with Gasteiger partial charge in [0, 0.05) is 0 Å². The molecule has 0 bridgehead atoms. The van der Waals surface area contributed by atoms with Crippen molar-refractivity contribution in [3.63, 3.8) is 0 Å². The maximum absolute atomic E-state index is 11.6. The Hall–Kier alpha value is -2.35. The van der Waals surface area contributed by atoms with Crippen LogP contribution in [0.1, 0.15) is 6.42 Å². The van der Waals surface area contributed by atoms with Crippen LogP contribution in [0.2, 0.25) is 0 Å². The average molecular weight is 236 g/mol. The fourth-order valence-electron chi connectivity index (χ4n) is 2.41. The van der Waals surface area contributed by atoms with Gasteiger partial charge in [0.15, 0.2) is 0 Å². The summed E-state index contributed by atoms with van der Waals surface area (Å²) in [5.41, 5.74) is 2.28. The van der Waals surface area contributed by atoms with Crippen molar-refractivity contribution in [2.24, 2.45) is 0 Å². The monoisotopic (exact) mass is 236 g/mol. The first-order valence-electron chi connectivity index (χ1n) is 5.88. The lowest BCUT2D eigenvalue weighted by atomic mass is 9.91. The molecule has 2 aliphatic carbocycles. The number of aliphatic carboxylic acids is 1. The van der Waals surface area contributed by atoms with Crippen LogP contribution in [0.5, 0.6) is 0 Å². The van der Waals surface area contributed by atoms with Gasteiger partial charge in [-0.1, -0.05) is 54.6 Å². The van der Waals surface area contributed by atoms with E-state index in [0.717, 1.165) is 28.0 Å². The molecule has 2 heteroatoms. The SMILES string of the molecule is O=C(O)C1=c2ccccc2=CC=C2CC=CC=C21. The Balaban J connectivity index is 2.46. The van der Waals surface area contributed by atoms with Gasteiger partial charge >= 0.3 is 5.97 Å². The first kappa shape index (κ1) is 10.8. The second-order valence-corrected chi connectivity index (χ2v) is 4.34. The average Bonchev–Trinajstić information content (AvgIpc) is 2.55. The van der Waals surface area contributed by atoms with Crippen molar-refractivity contribution in [2.45, 2.75) is 6.42 Å². The Bertz CT molecular complexity index is 731. The van der Waals surface area contributed by atoms with Gasteiger partial charge in [0.2, 0.25) is 0 Å². The Morgan fingerprint density at radius 2 is 1.94 bits per heavy atom. The van der Waals surface area contributed by atoms with Crippen molar-refractivity contribution < 1.29 is 9.90 Å². The highest BCUT2D eigenvalue weighted by molar-refractivity contribution is 6.16. The molecular formula is C16H12O2. The summed E-state index contributed by atoms with van der Waals surface area (Å²) in [4.78, 5) is 11.6. The number of hydrogen-bond donors (Lipinski definition) is 1. The molecule has 2 nitrogen and oxygen atoms in total. The van der Waals surface area contributed by atoms with Crippen molar-refractivity contribution in [1.82, 2.24) is 0 Å². The molecule has 1 aromatic carbocycles. The van der Waals surface area contributed by atoms with Crippen molar-refractivity contribution >= 4 is 17.6 Å².